The summed E-state index contributed by atoms with van der Waals surface area (Å²) in [5, 5.41) is 2.68. The zero-order chi connectivity index (χ0) is 21.2. The van der Waals surface area contributed by atoms with Crippen molar-refractivity contribution in [3.8, 4) is 5.75 Å². The number of amides is 2. The lowest BCUT2D eigenvalue weighted by atomic mass is 10.1. The SMILES string of the molecule is CCN(CC)Cc1ccc(NC(=O)C(=O)N(C)CCc2ccccc2OC)cc1. The predicted octanol–water partition coefficient (Wildman–Crippen LogP) is 3.18. The van der Waals surface area contributed by atoms with Gasteiger partial charge in [0.15, 0.2) is 0 Å². The van der Waals surface area contributed by atoms with Gasteiger partial charge in [-0.3, -0.25) is 14.5 Å². The Balaban J connectivity index is 1.88. The van der Waals surface area contributed by atoms with Crippen LogP contribution in [-0.4, -0.2) is 55.4 Å². The van der Waals surface area contributed by atoms with Crippen LogP contribution in [0.4, 0.5) is 5.69 Å². The average molecular weight is 398 g/mol. The molecule has 0 fully saturated rings. The van der Waals surface area contributed by atoms with Crippen molar-refractivity contribution in [1.82, 2.24) is 9.80 Å². The van der Waals surface area contributed by atoms with Gasteiger partial charge in [-0.2, -0.15) is 0 Å². The standard InChI is InChI=1S/C23H31N3O3/c1-5-26(6-2)17-18-11-13-20(14-12-18)24-22(27)23(28)25(3)16-15-19-9-7-8-10-21(19)29-4/h7-14H,5-6,15-17H2,1-4H3,(H,24,27). The van der Waals surface area contributed by atoms with E-state index in [2.05, 4.69) is 24.1 Å². The minimum Gasteiger partial charge on any atom is -0.496 e. The van der Waals surface area contributed by atoms with Crippen LogP contribution in [0.25, 0.3) is 0 Å². The zero-order valence-electron chi connectivity index (χ0n) is 17.8. The first-order chi connectivity index (χ1) is 14.0. The van der Waals surface area contributed by atoms with Crippen LogP contribution in [0.5, 0.6) is 5.75 Å². The second kappa shape index (κ2) is 11.2. The molecule has 0 saturated carbocycles. The van der Waals surface area contributed by atoms with Gasteiger partial charge in [0.05, 0.1) is 7.11 Å². The summed E-state index contributed by atoms with van der Waals surface area (Å²) in [7, 11) is 3.25. The van der Waals surface area contributed by atoms with Gasteiger partial charge >= 0.3 is 11.8 Å². The van der Waals surface area contributed by atoms with Crippen LogP contribution in [0.15, 0.2) is 48.5 Å². The van der Waals surface area contributed by atoms with E-state index in [4.69, 9.17) is 4.74 Å². The highest BCUT2D eigenvalue weighted by Crippen LogP contribution is 2.18. The number of carbonyl (C=O) groups is 2. The van der Waals surface area contributed by atoms with Crippen LogP contribution in [0.1, 0.15) is 25.0 Å². The number of hydrogen-bond donors (Lipinski definition) is 1. The van der Waals surface area contributed by atoms with E-state index in [0.29, 0.717) is 18.7 Å². The molecule has 0 spiro atoms. The van der Waals surface area contributed by atoms with Gasteiger partial charge in [0.2, 0.25) is 0 Å². The smallest absolute Gasteiger partial charge is 0.313 e. The highest BCUT2D eigenvalue weighted by atomic mass is 16.5. The van der Waals surface area contributed by atoms with E-state index in [0.717, 1.165) is 30.9 Å². The van der Waals surface area contributed by atoms with Crippen LogP contribution in [-0.2, 0) is 22.6 Å². The number of para-hydroxylation sites is 1. The molecule has 6 nitrogen and oxygen atoms in total. The van der Waals surface area contributed by atoms with E-state index in [-0.39, 0.29) is 0 Å². The summed E-state index contributed by atoms with van der Waals surface area (Å²) in [6.07, 6.45) is 0.611. The third-order valence-corrected chi connectivity index (χ3v) is 4.96. The second-order valence-electron chi connectivity index (χ2n) is 6.90. The quantitative estimate of drug-likeness (QED) is 0.660. The molecule has 0 radical (unpaired) electrons. The topological polar surface area (TPSA) is 61.9 Å². The Morgan fingerprint density at radius 3 is 2.28 bits per heavy atom. The van der Waals surface area contributed by atoms with Gasteiger partial charge in [-0.1, -0.05) is 44.2 Å². The molecule has 6 heteroatoms. The Hall–Kier alpha value is -2.86. The van der Waals surface area contributed by atoms with Crippen molar-refractivity contribution in [2.45, 2.75) is 26.8 Å². The van der Waals surface area contributed by atoms with Crippen molar-refractivity contribution in [3.63, 3.8) is 0 Å². The Morgan fingerprint density at radius 2 is 1.66 bits per heavy atom. The number of hydrogen-bond acceptors (Lipinski definition) is 4. The minimum atomic E-state index is -0.635. The lowest BCUT2D eigenvalue weighted by molar-refractivity contribution is -0.142. The molecule has 0 atom stereocenters. The third kappa shape index (κ3) is 6.61. The maximum atomic E-state index is 12.4. The van der Waals surface area contributed by atoms with Gasteiger partial charge in [-0.05, 0) is 48.8 Å². The Labute approximate surface area is 173 Å². The number of benzene rings is 2. The summed E-state index contributed by atoms with van der Waals surface area (Å²) in [5.41, 5.74) is 2.79. The van der Waals surface area contributed by atoms with Crippen molar-refractivity contribution < 1.29 is 14.3 Å². The van der Waals surface area contributed by atoms with E-state index in [1.54, 1.807) is 14.2 Å². The maximum Gasteiger partial charge on any atom is 0.313 e. The molecule has 156 valence electrons. The first kappa shape index (κ1) is 22.4. The molecule has 0 heterocycles. The molecule has 0 unspecified atom stereocenters. The number of likely N-dealkylation sites (N-methyl/N-ethyl adjacent to an activating group) is 1. The van der Waals surface area contributed by atoms with Crippen molar-refractivity contribution in [3.05, 3.63) is 59.7 Å². The summed E-state index contributed by atoms with van der Waals surface area (Å²) in [5.74, 6) is -0.418. The monoisotopic (exact) mass is 397 g/mol. The highest BCUT2D eigenvalue weighted by molar-refractivity contribution is 6.39. The first-order valence-corrected chi connectivity index (χ1v) is 9.98. The van der Waals surface area contributed by atoms with Crippen molar-refractivity contribution >= 4 is 17.5 Å². The van der Waals surface area contributed by atoms with Crippen LogP contribution < -0.4 is 10.1 Å². The van der Waals surface area contributed by atoms with Crippen LogP contribution >= 0.6 is 0 Å². The molecular formula is C23H31N3O3. The van der Waals surface area contributed by atoms with Crippen LogP contribution in [0.2, 0.25) is 0 Å². The number of rotatable bonds is 9. The normalized spacial score (nSPS) is 10.7. The molecule has 0 aliphatic rings. The molecule has 0 aromatic heterocycles. The Kier molecular flexibility index (Phi) is 8.68. The van der Waals surface area contributed by atoms with E-state index < -0.39 is 11.8 Å². The van der Waals surface area contributed by atoms with E-state index in [1.165, 1.54) is 10.5 Å². The summed E-state index contributed by atoms with van der Waals surface area (Å²) >= 11 is 0. The van der Waals surface area contributed by atoms with Gasteiger partial charge in [0.25, 0.3) is 0 Å². The molecule has 1 N–H and O–H groups in total. The summed E-state index contributed by atoms with van der Waals surface area (Å²) in [6, 6.07) is 15.3. The van der Waals surface area contributed by atoms with Gasteiger partial charge in [0.1, 0.15) is 5.75 Å². The molecule has 0 saturated heterocycles. The summed E-state index contributed by atoms with van der Waals surface area (Å²) < 4.78 is 5.33. The molecule has 0 bridgehead atoms. The fraction of sp³-hybridized carbons (Fsp3) is 0.391. The van der Waals surface area contributed by atoms with E-state index in [1.807, 2.05) is 48.5 Å². The van der Waals surface area contributed by atoms with Crippen LogP contribution in [0.3, 0.4) is 0 Å². The average Bonchev–Trinajstić information content (AvgIpc) is 2.76. The minimum absolute atomic E-state index is 0.426. The third-order valence-electron chi connectivity index (χ3n) is 4.96. The fourth-order valence-electron chi connectivity index (χ4n) is 3.06. The lowest BCUT2D eigenvalue weighted by Gasteiger charge is -2.19. The predicted molar refractivity (Wildman–Crippen MR) is 116 cm³/mol. The van der Waals surface area contributed by atoms with Crippen molar-refractivity contribution in [2.24, 2.45) is 0 Å². The summed E-state index contributed by atoms with van der Waals surface area (Å²) in [6.45, 7) is 7.54. The van der Waals surface area contributed by atoms with E-state index in [9.17, 15) is 9.59 Å². The number of ether oxygens (including phenoxy) is 1. The Bertz CT molecular complexity index is 801. The molecule has 29 heavy (non-hydrogen) atoms. The van der Waals surface area contributed by atoms with Gasteiger partial charge < -0.3 is 15.0 Å². The molecule has 2 aromatic carbocycles. The van der Waals surface area contributed by atoms with Gasteiger partial charge in [-0.15, -0.1) is 0 Å². The summed E-state index contributed by atoms with van der Waals surface area (Å²) in [4.78, 5) is 28.4. The number of anilines is 1. The van der Waals surface area contributed by atoms with Gasteiger partial charge in [0, 0.05) is 25.8 Å². The first-order valence-electron chi connectivity index (χ1n) is 9.98. The number of carbonyl (C=O) groups excluding carboxylic acids is 2. The van der Waals surface area contributed by atoms with Gasteiger partial charge in [-0.25, -0.2) is 0 Å². The lowest BCUT2D eigenvalue weighted by Crippen LogP contribution is -2.38. The highest BCUT2D eigenvalue weighted by Gasteiger charge is 2.19. The van der Waals surface area contributed by atoms with Crippen molar-refractivity contribution in [2.75, 3.05) is 39.1 Å². The largest absolute Gasteiger partial charge is 0.496 e. The molecular weight excluding hydrogens is 366 g/mol. The number of nitrogens with zero attached hydrogens (tertiary/aromatic N) is 2. The Morgan fingerprint density at radius 1 is 1.00 bits per heavy atom. The molecule has 2 amide bonds. The second-order valence-corrected chi connectivity index (χ2v) is 6.90. The fourth-order valence-corrected chi connectivity index (χ4v) is 3.06. The van der Waals surface area contributed by atoms with E-state index >= 15 is 0 Å². The zero-order valence-corrected chi connectivity index (χ0v) is 17.8. The van der Waals surface area contributed by atoms with Crippen molar-refractivity contribution in [1.29, 1.82) is 0 Å². The number of methoxy groups -OCH3 is 1. The maximum absolute atomic E-state index is 12.4. The van der Waals surface area contributed by atoms with Crippen LogP contribution in [0, 0.1) is 0 Å². The molecule has 0 aliphatic heterocycles. The number of nitrogens with one attached hydrogen (secondary N) is 1. The molecule has 0 aliphatic carbocycles. The molecule has 2 aromatic rings. The molecule has 2 rings (SSSR count).